The molecule has 0 aliphatic heterocycles. The van der Waals surface area contributed by atoms with Gasteiger partial charge in [0.2, 0.25) is 0 Å². The van der Waals surface area contributed by atoms with E-state index in [4.69, 9.17) is 0 Å². The summed E-state index contributed by atoms with van der Waals surface area (Å²) in [5.74, 6) is 4.40. The Morgan fingerprint density at radius 3 is 2.47 bits per heavy atom. The number of hydrogen-bond acceptors (Lipinski definition) is 2. The van der Waals surface area contributed by atoms with Crippen LogP contribution in [0.1, 0.15) is 106 Å². The van der Waals surface area contributed by atoms with Crippen LogP contribution in [0.4, 0.5) is 0 Å². The van der Waals surface area contributed by atoms with Crippen LogP contribution in [0.25, 0.3) is 0 Å². The van der Waals surface area contributed by atoms with Crippen LogP contribution in [0.2, 0.25) is 0 Å². The molecule has 4 aliphatic rings. The van der Waals surface area contributed by atoms with Crippen molar-refractivity contribution in [2.45, 2.75) is 117 Å². The molecule has 2 N–H and O–H groups in total. The minimum absolute atomic E-state index is 0.123. The maximum absolute atomic E-state index is 10.4. The number of hydrogen-bond donors (Lipinski definition) is 2. The van der Waals surface area contributed by atoms with E-state index in [1.807, 2.05) is 13.8 Å². The quantitative estimate of drug-likeness (QED) is 0.487. The Balaban J connectivity index is 1.50. The van der Waals surface area contributed by atoms with E-state index in [1.54, 1.807) is 5.57 Å². The predicted octanol–water partition coefficient (Wildman–Crippen LogP) is 6.75. The highest BCUT2D eigenvalue weighted by molar-refractivity contribution is 5.25. The van der Waals surface area contributed by atoms with E-state index in [0.717, 1.165) is 42.9 Å². The summed E-state index contributed by atoms with van der Waals surface area (Å²) >= 11 is 0. The van der Waals surface area contributed by atoms with Crippen LogP contribution in [0.5, 0.6) is 0 Å². The fourth-order valence-corrected chi connectivity index (χ4v) is 8.96. The van der Waals surface area contributed by atoms with Crippen LogP contribution in [0.3, 0.4) is 0 Å². The first-order valence-electron chi connectivity index (χ1n) is 13.1. The van der Waals surface area contributed by atoms with Gasteiger partial charge in [-0.2, -0.15) is 0 Å². The number of aliphatic hydroxyl groups excluding tert-OH is 1. The molecule has 0 radical (unpaired) electrons. The molecule has 172 valence electrons. The third kappa shape index (κ3) is 3.72. The molecule has 0 saturated heterocycles. The number of allylic oxidation sites excluding steroid dienone is 1. The van der Waals surface area contributed by atoms with Crippen molar-refractivity contribution in [3.63, 3.8) is 0 Å². The Labute approximate surface area is 185 Å². The standard InChI is InChI=1S/C28H48O2/c1-18(8-7-15-26(3,4)30)21-11-12-24-23-10-9-20-19(2)25(29)14-13-22(20)28(23,6)17-16-27(21,24)5/h9,18-19,21-25,29-30H,7-8,10-17H2,1-6H3/t18-,19-,21?,22?,23?,24?,25+,27-,28+/m1/s1. The molecule has 4 unspecified atom stereocenters. The summed E-state index contributed by atoms with van der Waals surface area (Å²) in [7, 11) is 0. The van der Waals surface area contributed by atoms with Gasteiger partial charge in [0.1, 0.15) is 0 Å². The summed E-state index contributed by atoms with van der Waals surface area (Å²) in [5.41, 5.74) is 2.03. The van der Waals surface area contributed by atoms with E-state index < -0.39 is 5.60 Å². The SMILES string of the molecule is C[C@H](CCCC(C)(C)O)C1CCC2C3CC=C4C(CC[C@H](O)[C@@H]4C)[C@]3(C)CC[C@@]21C. The summed E-state index contributed by atoms with van der Waals surface area (Å²) in [5, 5.41) is 20.5. The minimum Gasteiger partial charge on any atom is -0.393 e. The first-order valence-corrected chi connectivity index (χ1v) is 13.1. The number of rotatable bonds is 5. The molecule has 0 amide bonds. The number of fused-ring (bicyclic) bond motifs is 5. The molecule has 0 aromatic rings. The van der Waals surface area contributed by atoms with Crippen LogP contribution < -0.4 is 0 Å². The van der Waals surface area contributed by atoms with E-state index >= 15 is 0 Å². The van der Waals surface area contributed by atoms with Crippen molar-refractivity contribution in [1.29, 1.82) is 0 Å². The Morgan fingerprint density at radius 1 is 1.07 bits per heavy atom. The maximum atomic E-state index is 10.4. The highest BCUT2D eigenvalue weighted by Gasteiger charge is 2.61. The van der Waals surface area contributed by atoms with Gasteiger partial charge in [0.15, 0.2) is 0 Å². The lowest BCUT2D eigenvalue weighted by Gasteiger charge is -2.60. The molecule has 4 rings (SSSR count). The molecule has 4 aliphatic carbocycles. The van der Waals surface area contributed by atoms with Gasteiger partial charge in [0.25, 0.3) is 0 Å². The average Bonchev–Trinajstić information content (AvgIpc) is 3.01. The average molecular weight is 417 g/mol. The molecule has 0 aromatic carbocycles. The molecule has 0 heterocycles. The third-order valence-electron chi connectivity index (χ3n) is 10.8. The Hall–Kier alpha value is -0.340. The second kappa shape index (κ2) is 7.91. The van der Waals surface area contributed by atoms with Crippen molar-refractivity contribution in [2.24, 2.45) is 46.3 Å². The van der Waals surface area contributed by atoms with Gasteiger partial charge in [-0.25, -0.2) is 0 Å². The summed E-state index contributed by atoms with van der Waals surface area (Å²) in [6, 6.07) is 0. The topological polar surface area (TPSA) is 40.5 Å². The highest BCUT2D eigenvalue weighted by Crippen LogP contribution is 2.69. The first kappa shape index (κ1) is 22.8. The lowest BCUT2D eigenvalue weighted by atomic mass is 9.44. The molecule has 0 spiro atoms. The van der Waals surface area contributed by atoms with Crippen LogP contribution in [-0.2, 0) is 0 Å². The van der Waals surface area contributed by atoms with E-state index in [2.05, 4.69) is 33.8 Å². The third-order valence-corrected chi connectivity index (χ3v) is 10.8. The fourth-order valence-electron chi connectivity index (χ4n) is 8.96. The normalized spacial score (nSPS) is 47.1. The van der Waals surface area contributed by atoms with Crippen molar-refractivity contribution in [2.75, 3.05) is 0 Å². The van der Waals surface area contributed by atoms with Crippen molar-refractivity contribution in [3.05, 3.63) is 11.6 Å². The Bertz CT molecular complexity index is 660. The van der Waals surface area contributed by atoms with Crippen molar-refractivity contribution in [1.82, 2.24) is 0 Å². The van der Waals surface area contributed by atoms with Crippen LogP contribution in [0, 0.1) is 46.3 Å². The Kier molecular flexibility index (Phi) is 6.02. The van der Waals surface area contributed by atoms with Gasteiger partial charge in [0.05, 0.1) is 11.7 Å². The highest BCUT2D eigenvalue weighted by atomic mass is 16.3. The summed E-state index contributed by atoms with van der Waals surface area (Å²) in [6.45, 7) is 13.9. The van der Waals surface area contributed by atoms with Gasteiger partial charge >= 0.3 is 0 Å². The van der Waals surface area contributed by atoms with E-state index in [0.29, 0.717) is 22.7 Å². The predicted molar refractivity (Wildman–Crippen MR) is 125 cm³/mol. The van der Waals surface area contributed by atoms with Crippen molar-refractivity contribution >= 4 is 0 Å². The Morgan fingerprint density at radius 2 is 1.77 bits per heavy atom. The zero-order chi connectivity index (χ0) is 21.9. The van der Waals surface area contributed by atoms with Gasteiger partial charge in [-0.15, -0.1) is 0 Å². The largest absolute Gasteiger partial charge is 0.393 e. The molecule has 3 fully saturated rings. The van der Waals surface area contributed by atoms with Gasteiger partial charge in [-0.05, 0) is 106 Å². The molecule has 9 atom stereocenters. The lowest BCUT2D eigenvalue weighted by Crippen LogP contribution is -2.53. The molecule has 2 nitrogen and oxygen atoms in total. The molecular formula is C28H48O2. The molecule has 0 aromatic heterocycles. The fraction of sp³-hybridized carbons (Fsp3) is 0.929. The molecule has 0 bridgehead atoms. The van der Waals surface area contributed by atoms with Crippen molar-refractivity contribution in [3.8, 4) is 0 Å². The zero-order valence-electron chi connectivity index (χ0n) is 20.6. The summed E-state index contributed by atoms with van der Waals surface area (Å²) in [4.78, 5) is 0. The van der Waals surface area contributed by atoms with Gasteiger partial charge < -0.3 is 10.2 Å². The lowest BCUT2D eigenvalue weighted by molar-refractivity contribution is -0.0879. The second-order valence-corrected chi connectivity index (χ2v) is 13.0. The molecular weight excluding hydrogens is 368 g/mol. The second-order valence-electron chi connectivity index (χ2n) is 13.0. The van der Waals surface area contributed by atoms with E-state index in [9.17, 15) is 10.2 Å². The van der Waals surface area contributed by atoms with Crippen LogP contribution >= 0.6 is 0 Å². The number of aliphatic hydroxyl groups is 2. The molecule has 2 heteroatoms. The first-order chi connectivity index (χ1) is 14.0. The summed E-state index contributed by atoms with van der Waals surface area (Å²) < 4.78 is 0. The smallest absolute Gasteiger partial charge is 0.0603 e. The van der Waals surface area contributed by atoms with Gasteiger partial charge in [0, 0.05) is 5.92 Å². The van der Waals surface area contributed by atoms with E-state index in [1.165, 1.54) is 44.9 Å². The maximum Gasteiger partial charge on any atom is 0.0603 e. The molecule has 30 heavy (non-hydrogen) atoms. The summed E-state index contributed by atoms with van der Waals surface area (Å²) in [6.07, 6.45) is 14.8. The van der Waals surface area contributed by atoms with Crippen molar-refractivity contribution < 1.29 is 10.2 Å². The van der Waals surface area contributed by atoms with Crippen LogP contribution in [0.15, 0.2) is 11.6 Å². The van der Waals surface area contributed by atoms with Gasteiger partial charge in [-0.3, -0.25) is 0 Å². The van der Waals surface area contributed by atoms with Gasteiger partial charge in [-0.1, -0.05) is 52.2 Å². The van der Waals surface area contributed by atoms with E-state index in [-0.39, 0.29) is 6.10 Å². The van der Waals surface area contributed by atoms with Crippen LogP contribution in [-0.4, -0.2) is 21.9 Å². The molecule has 3 saturated carbocycles. The minimum atomic E-state index is -0.522. The monoisotopic (exact) mass is 416 g/mol. The zero-order valence-corrected chi connectivity index (χ0v) is 20.6.